The first-order chi connectivity index (χ1) is 11.4. The molecule has 0 radical (unpaired) electrons. The van der Waals surface area contributed by atoms with Crippen LogP contribution in [0.2, 0.25) is 0 Å². The fourth-order valence-corrected chi connectivity index (χ4v) is 8.08. The molecule has 24 heavy (non-hydrogen) atoms. The van der Waals surface area contributed by atoms with E-state index >= 15 is 0 Å². The molecule has 0 heterocycles. The maximum absolute atomic E-state index is 10.2. The van der Waals surface area contributed by atoms with Crippen molar-refractivity contribution in [2.45, 2.75) is 84.7 Å². The fourth-order valence-electron chi connectivity index (χ4n) is 8.08. The molecule has 8 atom stereocenters. The van der Waals surface area contributed by atoms with E-state index in [1.807, 2.05) is 7.05 Å². The van der Waals surface area contributed by atoms with Crippen molar-refractivity contribution in [3.8, 4) is 0 Å². The maximum Gasteiger partial charge on any atom is 0.0543 e. The topological polar surface area (TPSA) is 32.6 Å². The predicted octanol–water partition coefficient (Wildman–Crippen LogP) is 5.10. The highest BCUT2D eigenvalue weighted by Crippen LogP contribution is 2.67. The molecule has 0 bridgehead atoms. The molecule has 1 N–H and O–H groups in total. The molecular weight excluding hydrogens is 294 g/mol. The highest BCUT2D eigenvalue weighted by Gasteiger charge is 2.60. The van der Waals surface area contributed by atoms with Gasteiger partial charge in [-0.15, -0.1) is 0 Å². The van der Waals surface area contributed by atoms with Crippen LogP contribution >= 0.6 is 0 Å². The van der Waals surface area contributed by atoms with Crippen LogP contribution in [0.3, 0.4) is 0 Å². The number of fused-ring (bicyclic) bond motifs is 5. The Hall–Kier alpha value is -0.370. The lowest BCUT2D eigenvalue weighted by molar-refractivity contribution is -0.123. The number of aliphatic hydroxyl groups excluding tert-OH is 1. The van der Waals surface area contributed by atoms with Crippen molar-refractivity contribution >= 4 is 5.71 Å². The van der Waals surface area contributed by atoms with Gasteiger partial charge in [-0.25, -0.2) is 0 Å². The Labute approximate surface area is 148 Å². The Kier molecular flexibility index (Phi) is 4.14. The SMILES string of the molecule is CN=C(C)[C@H]1CC[C@H]2[C@@H]3CC[C@H]4C[C@@H](O)CC[C@]4(C)[C@H]3CC[C@]12C. The molecule has 4 aliphatic carbocycles. The molecule has 4 aliphatic rings. The third-order valence-corrected chi connectivity index (χ3v) is 9.50. The summed E-state index contributed by atoms with van der Waals surface area (Å²) < 4.78 is 0. The molecule has 2 heteroatoms. The van der Waals surface area contributed by atoms with Crippen LogP contribution < -0.4 is 0 Å². The van der Waals surface area contributed by atoms with Gasteiger partial charge in [-0.3, -0.25) is 4.99 Å². The van der Waals surface area contributed by atoms with E-state index in [-0.39, 0.29) is 6.10 Å². The van der Waals surface area contributed by atoms with Gasteiger partial charge in [0.15, 0.2) is 0 Å². The van der Waals surface area contributed by atoms with Crippen LogP contribution in [0.25, 0.3) is 0 Å². The first kappa shape index (κ1) is 17.1. The number of aliphatic imine (C=N–C) groups is 1. The van der Waals surface area contributed by atoms with Gasteiger partial charge < -0.3 is 5.11 Å². The van der Waals surface area contributed by atoms with Crippen molar-refractivity contribution in [2.75, 3.05) is 7.05 Å². The molecule has 136 valence electrons. The zero-order chi connectivity index (χ0) is 17.1. The zero-order valence-electron chi connectivity index (χ0n) is 16.2. The molecule has 0 saturated heterocycles. The molecule has 0 aromatic rings. The van der Waals surface area contributed by atoms with Gasteiger partial charge in [-0.2, -0.15) is 0 Å². The minimum Gasteiger partial charge on any atom is -0.393 e. The van der Waals surface area contributed by atoms with Crippen LogP contribution in [0.15, 0.2) is 4.99 Å². The summed E-state index contributed by atoms with van der Waals surface area (Å²) in [5, 5.41) is 10.2. The molecule has 0 aromatic heterocycles. The van der Waals surface area contributed by atoms with Crippen LogP contribution in [-0.2, 0) is 0 Å². The van der Waals surface area contributed by atoms with Crippen LogP contribution in [0.4, 0.5) is 0 Å². The summed E-state index contributed by atoms with van der Waals surface area (Å²) in [6.07, 6.45) is 11.8. The zero-order valence-corrected chi connectivity index (χ0v) is 16.2. The summed E-state index contributed by atoms with van der Waals surface area (Å²) in [6, 6.07) is 0. The molecule has 0 amide bonds. The smallest absolute Gasteiger partial charge is 0.0543 e. The molecule has 0 spiro atoms. The predicted molar refractivity (Wildman–Crippen MR) is 100 cm³/mol. The first-order valence-electron chi connectivity index (χ1n) is 10.5. The second kappa shape index (κ2) is 5.83. The van der Waals surface area contributed by atoms with Gasteiger partial charge in [-0.05, 0) is 99.2 Å². The minimum absolute atomic E-state index is 0.0206. The Balaban J connectivity index is 1.61. The summed E-state index contributed by atoms with van der Waals surface area (Å²) in [7, 11) is 1.98. The lowest BCUT2D eigenvalue weighted by Gasteiger charge is -2.61. The Morgan fingerprint density at radius 2 is 1.62 bits per heavy atom. The normalized spacial score (nSPS) is 54.8. The second-order valence-corrected chi connectivity index (χ2v) is 10.1. The van der Waals surface area contributed by atoms with E-state index in [1.165, 1.54) is 50.7 Å². The van der Waals surface area contributed by atoms with E-state index in [4.69, 9.17) is 0 Å². The Bertz CT molecular complexity index is 528. The van der Waals surface area contributed by atoms with E-state index in [1.54, 1.807) is 0 Å². The monoisotopic (exact) mass is 331 g/mol. The van der Waals surface area contributed by atoms with E-state index < -0.39 is 0 Å². The highest BCUT2D eigenvalue weighted by molar-refractivity contribution is 5.85. The van der Waals surface area contributed by atoms with Crippen molar-refractivity contribution in [2.24, 2.45) is 45.4 Å². The van der Waals surface area contributed by atoms with Crippen LogP contribution in [0, 0.1) is 40.4 Å². The van der Waals surface area contributed by atoms with E-state index in [2.05, 4.69) is 25.8 Å². The number of hydrogen-bond donors (Lipinski definition) is 1. The summed E-state index contributed by atoms with van der Waals surface area (Å²) in [6.45, 7) is 7.46. The quantitative estimate of drug-likeness (QED) is 0.666. The van der Waals surface area contributed by atoms with Crippen molar-refractivity contribution in [1.82, 2.24) is 0 Å². The van der Waals surface area contributed by atoms with Crippen LogP contribution in [0.5, 0.6) is 0 Å². The first-order valence-corrected chi connectivity index (χ1v) is 10.5. The third-order valence-electron chi connectivity index (χ3n) is 9.50. The third kappa shape index (κ3) is 2.27. The molecule has 4 fully saturated rings. The van der Waals surface area contributed by atoms with Crippen molar-refractivity contribution in [1.29, 1.82) is 0 Å². The lowest BCUT2D eigenvalue weighted by Crippen LogP contribution is -2.54. The molecule has 0 unspecified atom stereocenters. The van der Waals surface area contributed by atoms with E-state index in [9.17, 15) is 5.11 Å². The average Bonchev–Trinajstić information content (AvgIpc) is 2.92. The Morgan fingerprint density at radius 1 is 0.917 bits per heavy atom. The average molecular weight is 332 g/mol. The van der Waals surface area contributed by atoms with Crippen molar-refractivity contribution < 1.29 is 5.11 Å². The molecule has 4 saturated carbocycles. The van der Waals surface area contributed by atoms with Crippen LogP contribution in [-0.4, -0.2) is 24.0 Å². The largest absolute Gasteiger partial charge is 0.393 e. The van der Waals surface area contributed by atoms with Gasteiger partial charge in [0.25, 0.3) is 0 Å². The number of hydrogen-bond acceptors (Lipinski definition) is 2. The highest BCUT2D eigenvalue weighted by atomic mass is 16.3. The molecular formula is C22H37NO. The van der Waals surface area contributed by atoms with Gasteiger partial charge in [0.2, 0.25) is 0 Å². The number of aliphatic hydroxyl groups is 1. The van der Waals surface area contributed by atoms with Gasteiger partial charge in [0, 0.05) is 18.7 Å². The van der Waals surface area contributed by atoms with Crippen LogP contribution in [0.1, 0.15) is 78.6 Å². The molecule has 0 aliphatic heterocycles. The molecule has 4 rings (SSSR count). The van der Waals surface area contributed by atoms with E-state index in [0.29, 0.717) is 10.8 Å². The standard InChI is InChI=1S/C22H37NO/c1-14(23-4)18-7-8-19-17-6-5-15-13-16(24)9-11-21(15,2)20(17)10-12-22(18,19)3/h15-20,24H,5-13H2,1-4H3/t15-,16-,17-,18+,19-,20-,21-,22+/m0/s1. The van der Waals surface area contributed by atoms with Gasteiger partial charge in [0.05, 0.1) is 6.10 Å². The molecule has 0 aromatic carbocycles. The van der Waals surface area contributed by atoms with Crippen molar-refractivity contribution in [3.63, 3.8) is 0 Å². The second-order valence-electron chi connectivity index (χ2n) is 10.1. The molecule has 2 nitrogen and oxygen atoms in total. The lowest BCUT2D eigenvalue weighted by atomic mass is 9.44. The Morgan fingerprint density at radius 3 is 2.38 bits per heavy atom. The van der Waals surface area contributed by atoms with E-state index in [0.717, 1.165) is 42.4 Å². The van der Waals surface area contributed by atoms with Gasteiger partial charge in [0.1, 0.15) is 0 Å². The fraction of sp³-hybridized carbons (Fsp3) is 0.955. The summed E-state index contributed by atoms with van der Waals surface area (Å²) in [5.41, 5.74) is 2.41. The van der Waals surface area contributed by atoms with Gasteiger partial charge in [-0.1, -0.05) is 13.8 Å². The number of rotatable bonds is 1. The summed E-state index contributed by atoms with van der Waals surface area (Å²) in [5.74, 6) is 4.28. The summed E-state index contributed by atoms with van der Waals surface area (Å²) in [4.78, 5) is 4.59. The maximum atomic E-state index is 10.2. The minimum atomic E-state index is -0.0206. The summed E-state index contributed by atoms with van der Waals surface area (Å²) >= 11 is 0. The van der Waals surface area contributed by atoms with Crippen molar-refractivity contribution in [3.05, 3.63) is 0 Å². The van der Waals surface area contributed by atoms with Gasteiger partial charge >= 0.3 is 0 Å². The number of nitrogens with zero attached hydrogens (tertiary/aromatic N) is 1.